The molecule has 0 spiro atoms. The van der Waals surface area contributed by atoms with Crippen LogP contribution in [0.4, 0.5) is 4.39 Å². The molecule has 0 unspecified atom stereocenters. The second-order valence-electron chi connectivity index (χ2n) is 6.01. The number of carbonyl (C=O) groups is 2. The van der Waals surface area contributed by atoms with Gasteiger partial charge < -0.3 is 9.47 Å². The van der Waals surface area contributed by atoms with Crippen LogP contribution in [0.15, 0.2) is 76.3 Å². The topological polar surface area (TPSA) is 77.0 Å². The maximum atomic E-state index is 13.0. The quantitative estimate of drug-likeness (QED) is 0.247. The Hall–Kier alpha value is -3.52. The summed E-state index contributed by atoms with van der Waals surface area (Å²) in [5.74, 6) is -0.603. The molecule has 0 bridgehead atoms. The van der Waals surface area contributed by atoms with E-state index in [1.165, 1.54) is 37.6 Å². The third kappa shape index (κ3) is 5.51. The van der Waals surface area contributed by atoms with Gasteiger partial charge in [0, 0.05) is 15.6 Å². The second-order valence-corrected chi connectivity index (χ2v) is 6.92. The van der Waals surface area contributed by atoms with Gasteiger partial charge in [0.05, 0.1) is 18.9 Å². The number of carbonyl (C=O) groups excluding carboxylic acids is 2. The lowest BCUT2D eigenvalue weighted by atomic mass is 10.2. The second kappa shape index (κ2) is 9.80. The van der Waals surface area contributed by atoms with E-state index in [1.54, 1.807) is 42.5 Å². The number of hydrogen-bond donors (Lipinski definition) is 1. The van der Waals surface area contributed by atoms with E-state index in [2.05, 4.69) is 26.5 Å². The smallest absolute Gasteiger partial charge is 0.343 e. The zero-order valence-corrected chi connectivity index (χ0v) is 17.4. The molecule has 152 valence electrons. The molecule has 3 aromatic rings. The molecule has 3 aromatic carbocycles. The number of hydrazone groups is 1. The highest BCUT2D eigenvalue weighted by molar-refractivity contribution is 9.10. The van der Waals surface area contributed by atoms with E-state index in [0.29, 0.717) is 16.9 Å². The number of amides is 1. The minimum absolute atomic E-state index is 0.258. The fourth-order valence-electron chi connectivity index (χ4n) is 2.43. The van der Waals surface area contributed by atoms with Gasteiger partial charge >= 0.3 is 5.97 Å². The van der Waals surface area contributed by atoms with Crippen molar-refractivity contribution in [2.75, 3.05) is 7.11 Å². The third-order valence-electron chi connectivity index (χ3n) is 3.98. The maximum absolute atomic E-state index is 13.0. The van der Waals surface area contributed by atoms with Gasteiger partial charge in [0.15, 0.2) is 0 Å². The van der Waals surface area contributed by atoms with Crippen molar-refractivity contribution in [2.45, 2.75) is 0 Å². The van der Waals surface area contributed by atoms with Crippen molar-refractivity contribution < 1.29 is 23.5 Å². The minimum atomic E-state index is -0.551. The summed E-state index contributed by atoms with van der Waals surface area (Å²) in [6.45, 7) is 0. The lowest BCUT2D eigenvalue weighted by Crippen LogP contribution is -2.17. The number of nitrogens with zero attached hydrogens (tertiary/aromatic N) is 1. The van der Waals surface area contributed by atoms with Crippen LogP contribution in [0, 0.1) is 5.82 Å². The number of hydrogen-bond acceptors (Lipinski definition) is 5. The summed E-state index contributed by atoms with van der Waals surface area (Å²) in [6, 6.07) is 16.6. The summed E-state index contributed by atoms with van der Waals surface area (Å²) in [5, 5.41) is 3.90. The lowest BCUT2D eigenvalue weighted by Gasteiger charge is -2.08. The number of esters is 1. The summed E-state index contributed by atoms with van der Waals surface area (Å²) in [4.78, 5) is 24.5. The van der Waals surface area contributed by atoms with E-state index in [0.717, 1.165) is 4.47 Å². The zero-order valence-electron chi connectivity index (χ0n) is 15.8. The number of methoxy groups -OCH3 is 1. The summed E-state index contributed by atoms with van der Waals surface area (Å²) in [5.41, 5.74) is 3.42. The van der Waals surface area contributed by atoms with Crippen molar-refractivity contribution in [3.63, 3.8) is 0 Å². The molecule has 0 aliphatic heterocycles. The minimum Gasteiger partial charge on any atom is -0.497 e. The number of benzene rings is 3. The highest BCUT2D eigenvalue weighted by Gasteiger charge is 2.12. The zero-order chi connectivity index (χ0) is 21.5. The Bertz CT molecular complexity index is 1080. The molecule has 0 radical (unpaired) electrons. The molecule has 30 heavy (non-hydrogen) atoms. The first-order chi connectivity index (χ1) is 14.5. The molecule has 3 rings (SSSR count). The molecule has 0 aliphatic carbocycles. The molecular formula is C22H16BrFN2O4. The van der Waals surface area contributed by atoms with Crippen molar-refractivity contribution in [3.05, 3.63) is 93.7 Å². The summed E-state index contributed by atoms with van der Waals surface area (Å²) >= 11 is 3.35. The van der Waals surface area contributed by atoms with Crippen LogP contribution in [0.2, 0.25) is 0 Å². The van der Waals surface area contributed by atoms with E-state index in [1.807, 2.05) is 0 Å². The van der Waals surface area contributed by atoms with Crippen LogP contribution >= 0.6 is 15.9 Å². The van der Waals surface area contributed by atoms with Crippen LogP contribution < -0.4 is 14.9 Å². The average Bonchev–Trinajstić information content (AvgIpc) is 2.76. The van der Waals surface area contributed by atoms with Gasteiger partial charge in [-0.2, -0.15) is 5.10 Å². The van der Waals surface area contributed by atoms with Gasteiger partial charge in [-0.1, -0.05) is 15.9 Å². The van der Waals surface area contributed by atoms with Crippen molar-refractivity contribution in [3.8, 4) is 11.5 Å². The van der Waals surface area contributed by atoms with Crippen molar-refractivity contribution in [1.82, 2.24) is 5.43 Å². The molecule has 0 heterocycles. The molecule has 1 amide bonds. The monoisotopic (exact) mass is 470 g/mol. The Morgan fingerprint density at radius 1 is 1.00 bits per heavy atom. The maximum Gasteiger partial charge on any atom is 0.343 e. The molecule has 0 aromatic heterocycles. The van der Waals surface area contributed by atoms with Crippen molar-refractivity contribution in [1.29, 1.82) is 0 Å². The van der Waals surface area contributed by atoms with E-state index in [-0.39, 0.29) is 11.3 Å². The average molecular weight is 471 g/mol. The molecule has 1 N–H and O–H groups in total. The van der Waals surface area contributed by atoms with E-state index in [9.17, 15) is 14.0 Å². The predicted molar refractivity (Wildman–Crippen MR) is 114 cm³/mol. The van der Waals surface area contributed by atoms with Gasteiger partial charge in [-0.05, 0) is 66.7 Å². The van der Waals surface area contributed by atoms with E-state index >= 15 is 0 Å². The number of nitrogens with one attached hydrogen (secondary N) is 1. The van der Waals surface area contributed by atoms with E-state index in [4.69, 9.17) is 9.47 Å². The molecule has 0 saturated carbocycles. The molecule has 0 atom stereocenters. The Balaban J connectivity index is 1.72. The van der Waals surface area contributed by atoms with Gasteiger partial charge in [0.1, 0.15) is 17.3 Å². The first kappa shape index (κ1) is 21.2. The molecule has 8 heteroatoms. The van der Waals surface area contributed by atoms with Gasteiger partial charge in [-0.25, -0.2) is 14.6 Å². The Kier molecular flexibility index (Phi) is 6.92. The SMILES string of the molecule is COc1ccc(C(=O)Oc2ccc(Br)cc2/C=N/NC(=O)c2ccc(F)cc2)cc1. The molecule has 6 nitrogen and oxygen atoms in total. The van der Waals surface area contributed by atoms with Crippen molar-refractivity contribution >= 4 is 34.0 Å². The van der Waals surface area contributed by atoms with Crippen LogP contribution in [0.5, 0.6) is 11.5 Å². The fourth-order valence-corrected chi connectivity index (χ4v) is 2.80. The van der Waals surface area contributed by atoms with Gasteiger partial charge in [-0.15, -0.1) is 0 Å². The number of halogens is 2. The highest BCUT2D eigenvalue weighted by atomic mass is 79.9. The Morgan fingerprint density at radius 3 is 2.33 bits per heavy atom. The van der Waals surface area contributed by atoms with Crippen LogP contribution in [-0.4, -0.2) is 25.2 Å². The fraction of sp³-hybridized carbons (Fsp3) is 0.0455. The molecular weight excluding hydrogens is 455 g/mol. The first-order valence-corrected chi connectivity index (χ1v) is 9.50. The lowest BCUT2D eigenvalue weighted by molar-refractivity contribution is 0.0734. The summed E-state index contributed by atoms with van der Waals surface area (Å²) < 4.78 is 24.2. The summed E-state index contributed by atoms with van der Waals surface area (Å²) in [6.07, 6.45) is 1.35. The van der Waals surface area contributed by atoms with Gasteiger partial charge in [0.2, 0.25) is 0 Å². The third-order valence-corrected chi connectivity index (χ3v) is 4.47. The predicted octanol–water partition coefficient (Wildman–Crippen LogP) is 4.58. The Morgan fingerprint density at radius 2 is 1.67 bits per heavy atom. The van der Waals surface area contributed by atoms with Crippen LogP contribution in [0.25, 0.3) is 0 Å². The molecule has 0 fully saturated rings. The highest BCUT2D eigenvalue weighted by Crippen LogP contribution is 2.23. The standard InChI is InChI=1S/C22H16BrFN2O4/c1-29-19-9-4-15(5-10-19)22(28)30-20-11-6-17(23)12-16(20)13-25-26-21(27)14-2-7-18(24)8-3-14/h2-13H,1H3,(H,26,27)/b25-13+. The van der Waals surface area contributed by atoms with Crippen LogP contribution in [-0.2, 0) is 0 Å². The van der Waals surface area contributed by atoms with Crippen LogP contribution in [0.1, 0.15) is 26.3 Å². The van der Waals surface area contributed by atoms with Gasteiger partial charge in [0.25, 0.3) is 5.91 Å². The Labute approximate surface area is 180 Å². The molecule has 0 saturated heterocycles. The largest absolute Gasteiger partial charge is 0.497 e. The van der Waals surface area contributed by atoms with E-state index < -0.39 is 17.7 Å². The normalized spacial score (nSPS) is 10.6. The first-order valence-electron chi connectivity index (χ1n) is 8.71. The van der Waals surface area contributed by atoms with Crippen LogP contribution in [0.3, 0.4) is 0 Å². The number of ether oxygens (including phenoxy) is 2. The number of rotatable bonds is 6. The van der Waals surface area contributed by atoms with Crippen molar-refractivity contribution in [2.24, 2.45) is 5.10 Å². The molecule has 0 aliphatic rings. The summed E-state index contributed by atoms with van der Waals surface area (Å²) in [7, 11) is 1.54. The van der Waals surface area contributed by atoms with Gasteiger partial charge in [-0.3, -0.25) is 4.79 Å².